The van der Waals surface area contributed by atoms with Crippen LogP contribution in [0.15, 0.2) is 41.6 Å². The molecule has 0 saturated carbocycles. The molecule has 1 heterocycles. The summed E-state index contributed by atoms with van der Waals surface area (Å²) in [7, 11) is 0.392. The zero-order valence-corrected chi connectivity index (χ0v) is 15.3. The minimum atomic E-state index is -3.64. The highest BCUT2D eigenvalue weighted by Crippen LogP contribution is 2.11. The lowest BCUT2D eigenvalue weighted by Crippen LogP contribution is -2.21. The Hall–Kier alpha value is -2.23. The van der Waals surface area contributed by atoms with E-state index >= 15 is 0 Å². The van der Waals surface area contributed by atoms with Gasteiger partial charge in [0.05, 0.1) is 4.90 Å². The molecule has 1 aromatic heterocycles. The molecule has 0 atom stereocenters. The molecule has 1 aromatic carbocycles. The molecule has 0 aliphatic heterocycles. The maximum atomic E-state index is 11.2. The van der Waals surface area contributed by atoms with Gasteiger partial charge in [-0.3, -0.25) is 0 Å². The number of nitrogens with two attached hydrogens (primary N) is 1. The topological polar surface area (TPSA) is 113 Å². The number of primary sulfonamides is 1. The number of nitrogens with zero attached hydrogens (tertiary/aromatic N) is 3. The largest absolute Gasteiger partial charge is 0.370 e. The smallest absolute Gasteiger partial charge is 0.238 e. The Kier molecular flexibility index (Phi) is 6.68. The molecule has 9 heteroatoms. The van der Waals surface area contributed by atoms with Crippen LogP contribution in [0, 0.1) is 0 Å². The molecule has 0 aliphatic rings. The zero-order valence-electron chi connectivity index (χ0n) is 14.4. The summed E-state index contributed by atoms with van der Waals surface area (Å²) in [5, 5.41) is 11.6. The van der Waals surface area contributed by atoms with Gasteiger partial charge in [0.25, 0.3) is 0 Å². The Morgan fingerprint density at radius 2 is 1.64 bits per heavy atom. The normalized spacial score (nSPS) is 11.5. The SMILES string of the molecule is CN(C)CCNc1cc(NCCc2ccc(S(N)(=O)=O)cc2)ncn1. The molecule has 2 rings (SSSR count). The van der Waals surface area contributed by atoms with Crippen LogP contribution in [0.25, 0.3) is 0 Å². The number of hydrogen-bond donors (Lipinski definition) is 3. The molecule has 8 nitrogen and oxygen atoms in total. The molecule has 4 N–H and O–H groups in total. The molecule has 0 spiro atoms. The van der Waals surface area contributed by atoms with Crippen LogP contribution in [0.3, 0.4) is 0 Å². The van der Waals surface area contributed by atoms with Gasteiger partial charge < -0.3 is 15.5 Å². The first-order valence-electron chi connectivity index (χ1n) is 7.91. The molecular formula is C16H24N6O2S. The summed E-state index contributed by atoms with van der Waals surface area (Å²) in [6.07, 6.45) is 2.25. The average molecular weight is 364 g/mol. The third-order valence-electron chi connectivity index (χ3n) is 3.50. The minimum absolute atomic E-state index is 0.119. The van der Waals surface area contributed by atoms with Crippen LogP contribution >= 0.6 is 0 Å². The van der Waals surface area contributed by atoms with E-state index in [1.54, 1.807) is 12.1 Å². The molecule has 0 saturated heterocycles. The molecular weight excluding hydrogens is 340 g/mol. The van der Waals surface area contributed by atoms with Gasteiger partial charge in [-0.1, -0.05) is 12.1 Å². The highest BCUT2D eigenvalue weighted by atomic mass is 32.2. The Bertz CT molecular complexity index is 777. The van der Waals surface area contributed by atoms with E-state index in [-0.39, 0.29) is 4.90 Å². The Morgan fingerprint density at radius 3 is 2.20 bits per heavy atom. The Labute approximate surface area is 148 Å². The van der Waals surface area contributed by atoms with E-state index in [0.29, 0.717) is 6.54 Å². The van der Waals surface area contributed by atoms with Crippen molar-refractivity contribution in [2.24, 2.45) is 5.14 Å². The van der Waals surface area contributed by atoms with Gasteiger partial charge in [0, 0.05) is 25.7 Å². The van der Waals surface area contributed by atoms with Crippen molar-refractivity contribution in [1.82, 2.24) is 14.9 Å². The van der Waals surface area contributed by atoms with Gasteiger partial charge in [0.2, 0.25) is 10.0 Å². The lowest BCUT2D eigenvalue weighted by atomic mass is 10.1. The summed E-state index contributed by atoms with van der Waals surface area (Å²) < 4.78 is 22.5. The molecule has 0 bridgehead atoms. The third kappa shape index (κ3) is 6.65. The fraction of sp³-hybridized carbons (Fsp3) is 0.375. The summed E-state index contributed by atoms with van der Waals surface area (Å²) in [5.74, 6) is 1.51. The number of anilines is 2. The first-order chi connectivity index (χ1) is 11.8. The van der Waals surface area contributed by atoms with E-state index in [4.69, 9.17) is 5.14 Å². The molecule has 0 aliphatic carbocycles. The Balaban J connectivity index is 1.83. The summed E-state index contributed by atoms with van der Waals surface area (Å²) in [4.78, 5) is 10.6. The first-order valence-corrected chi connectivity index (χ1v) is 9.45. The molecule has 0 unspecified atom stereocenters. The van der Waals surface area contributed by atoms with Crippen LogP contribution < -0.4 is 15.8 Å². The molecule has 0 amide bonds. The highest BCUT2D eigenvalue weighted by Gasteiger charge is 2.06. The summed E-state index contributed by atoms with van der Waals surface area (Å²) in [5.41, 5.74) is 1.01. The van der Waals surface area contributed by atoms with Gasteiger partial charge in [-0.05, 0) is 38.2 Å². The maximum Gasteiger partial charge on any atom is 0.238 e. The predicted molar refractivity (Wildman–Crippen MR) is 99.1 cm³/mol. The van der Waals surface area contributed by atoms with Gasteiger partial charge >= 0.3 is 0 Å². The number of hydrogen-bond acceptors (Lipinski definition) is 7. The fourth-order valence-corrected chi connectivity index (χ4v) is 2.65. The van der Waals surface area contributed by atoms with E-state index in [2.05, 4.69) is 25.5 Å². The number of rotatable bonds is 9. The molecule has 0 fully saturated rings. The summed E-state index contributed by atoms with van der Waals surface area (Å²) in [6, 6.07) is 8.41. The van der Waals surface area contributed by atoms with Crippen molar-refractivity contribution in [3.63, 3.8) is 0 Å². The van der Waals surface area contributed by atoms with Crippen LogP contribution in [-0.4, -0.2) is 57.0 Å². The third-order valence-corrected chi connectivity index (χ3v) is 4.43. The van der Waals surface area contributed by atoms with Crippen molar-refractivity contribution in [2.45, 2.75) is 11.3 Å². The summed E-state index contributed by atoms with van der Waals surface area (Å²) >= 11 is 0. The lowest BCUT2D eigenvalue weighted by molar-refractivity contribution is 0.425. The van der Waals surface area contributed by atoms with Crippen molar-refractivity contribution < 1.29 is 8.42 Å². The first kappa shape index (κ1) is 19.1. The van der Waals surface area contributed by atoms with Crippen LogP contribution in [0.5, 0.6) is 0 Å². The average Bonchev–Trinajstić information content (AvgIpc) is 2.55. The van der Waals surface area contributed by atoms with Gasteiger partial charge in [-0.25, -0.2) is 23.5 Å². The number of sulfonamides is 1. The van der Waals surface area contributed by atoms with E-state index in [9.17, 15) is 8.42 Å². The van der Waals surface area contributed by atoms with Gasteiger partial charge in [0.1, 0.15) is 18.0 Å². The van der Waals surface area contributed by atoms with Crippen molar-refractivity contribution in [3.05, 3.63) is 42.2 Å². The standard InChI is InChI=1S/C16H24N6O2S/c1-22(2)10-9-19-16-11-15(20-12-21-16)18-8-7-13-3-5-14(6-4-13)25(17,23)24/h3-6,11-12H,7-10H2,1-2H3,(H2,17,23,24)(H2,18,19,20,21). The van der Waals surface area contributed by atoms with E-state index < -0.39 is 10.0 Å². The number of likely N-dealkylation sites (N-methyl/N-ethyl adjacent to an activating group) is 1. The van der Waals surface area contributed by atoms with Crippen LogP contribution in [0.1, 0.15) is 5.56 Å². The second kappa shape index (κ2) is 8.75. The minimum Gasteiger partial charge on any atom is -0.370 e. The Morgan fingerprint density at radius 1 is 1.04 bits per heavy atom. The van der Waals surface area contributed by atoms with Crippen molar-refractivity contribution in [3.8, 4) is 0 Å². The van der Waals surface area contributed by atoms with Gasteiger partial charge in [0.15, 0.2) is 0 Å². The van der Waals surface area contributed by atoms with Crippen molar-refractivity contribution in [2.75, 3.05) is 44.4 Å². The van der Waals surface area contributed by atoms with E-state index in [1.165, 1.54) is 18.5 Å². The lowest BCUT2D eigenvalue weighted by Gasteiger charge is -2.11. The number of nitrogens with one attached hydrogen (secondary N) is 2. The van der Waals surface area contributed by atoms with Crippen LogP contribution in [0.4, 0.5) is 11.6 Å². The maximum absolute atomic E-state index is 11.2. The highest BCUT2D eigenvalue weighted by molar-refractivity contribution is 7.89. The number of benzene rings is 1. The molecule has 0 radical (unpaired) electrons. The molecule has 136 valence electrons. The quantitative estimate of drug-likeness (QED) is 0.602. The molecule has 2 aromatic rings. The monoisotopic (exact) mass is 364 g/mol. The second-order valence-electron chi connectivity index (χ2n) is 5.88. The zero-order chi connectivity index (χ0) is 18.3. The number of aromatic nitrogens is 2. The second-order valence-corrected chi connectivity index (χ2v) is 7.45. The van der Waals surface area contributed by atoms with Crippen molar-refractivity contribution >= 4 is 21.7 Å². The molecule has 25 heavy (non-hydrogen) atoms. The van der Waals surface area contributed by atoms with Gasteiger partial charge in [-0.15, -0.1) is 0 Å². The van der Waals surface area contributed by atoms with Gasteiger partial charge in [-0.2, -0.15) is 0 Å². The van der Waals surface area contributed by atoms with E-state index in [0.717, 1.165) is 36.7 Å². The van der Waals surface area contributed by atoms with Crippen molar-refractivity contribution in [1.29, 1.82) is 0 Å². The summed E-state index contributed by atoms with van der Waals surface area (Å²) in [6.45, 7) is 2.39. The van der Waals surface area contributed by atoms with Crippen LogP contribution in [0.2, 0.25) is 0 Å². The predicted octanol–water partition coefficient (Wildman–Crippen LogP) is 0.752. The fourth-order valence-electron chi connectivity index (χ4n) is 2.14. The van der Waals surface area contributed by atoms with E-state index in [1.807, 2.05) is 20.2 Å². The van der Waals surface area contributed by atoms with Crippen LogP contribution in [-0.2, 0) is 16.4 Å².